The average molecular weight is 390 g/mol. The molecule has 2 aromatic heterocycles. The quantitative estimate of drug-likeness (QED) is 0.520. The van der Waals surface area contributed by atoms with Gasteiger partial charge in [-0.2, -0.15) is 0 Å². The molecule has 0 amide bonds. The minimum atomic E-state index is 0.965. The smallest absolute Gasteiger partial charge is 0.108 e. The van der Waals surface area contributed by atoms with E-state index in [1.54, 1.807) is 0 Å². The number of rotatable bonds is 5. The van der Waals surface area contributed by atoms with Crippen molar-refractivity contribution in [2.45, 2.75) is 13.1 Å². The van der Waals surface area contributed by atoms with Crippen molar-refractivity contribution in [2.24, 2.45) is 0 Å². The van der Waals surface area contributed by atoms with E-state index >= 15 is 0 Å². The zero-order valence-corrected chi connectivity index (χ0v) is 16.6. The van der Waals surface area contributed by atoms with Gasteiger partial charge in [-0.15, -0.1) is 11.3 Å². The molecule has 0 atom stereocenters. The van der Waals surface area contributed by atoms with E-state index in [1.165, 1.54) is 15.3 Å². The first-order valence-electron chi connectivity index (χ1n) is 9.70. The van der Waals surface area contributed by atoms with Crippen LogP contribution in [-0.2, 0) is 13.1 Å². The van der Waals surface area contributed by atoms with Crippen LogP contribution < -0.4 is 0 Å². The number of benzene rings is 2. The molecule has 1 aliphatic rings. The van der Waals surface area contributed by atoms with Crippen LogP contribution in [0, 0.1) is 0 Å². The van der Waals surface area contributed by atoms with E-state index in [4.69, 9.17) is 4.98 Å². The predicted molar refractivity (Wildman–Crippen MR) is 114 cm³/mol. The maximum atomic E-state index is 4.78. The van der Waals surface area contributed by atoms with Crippen LogP contribution in [0.3, 0.4) is 0 Å². The van der Waals surface area contributed by atoms with E-state index in [1.807, 2.05) is 34.6 Å². The van der Waals surface area contributed by atoms with E-state index in [-0.39, 0.29) is 0 Å². The highest BCUT2D eigenvalue weighted by Crippen LogP contribution is 2.23. The summed E-state index contributed by atoms with van der Waals surface area (Å²) in [5.41, 5.74) is 3.64. The van der Waals surface area contributed by atoms with Gasteiger partial charge in [-0.1, -0.05) is 24.3 Å². The highest BCUT2D eigenvalue weighted by molar-refractivity contribution is 7.18. The second-order valence-electron chi connectivity index (χ2n) is 7.26. The first kappa shape index (κ1) is 17.6. The lowest BCUT2D eigenvalue weighted by molar-refractivity contribution is 0.122. The number of thiazole rings is 1. The molecule has 1 fully saturated rings. The van der Waals surface area contributed by atoms with Crippen LogP contribution in [0.2, 0.25) is 0 Å². The normalized spacial score (nSPS) is 16.0. The molecular formula is C22H23N5S. The fourth-order valence-corrected chi connectivity index (χ4v) is 4.74. The number of piperazine rings is 1. The van der Waals surface area contributed by atoms with Crippen LogP contribution in [0.1, 0.15) is 10.6 Å². The molecule has 2 aromatic carbocycles. The lowest BCUT2D eigenvalue weighted by atomic mass is 10.1. The molecule has 5 nitrogen and oxygen atoms in total. The number of imidazole rings is 1. The number of para-hydroxylation sites is 1. The third-order valence-corrected chi connectivity index (χ3v) is 6.33. The molecule has 4 aromatic rings. The van der Waals surface area contributed by atoms with Crippen molar-refractivity contribution < 1.29 is 0 Å². The minimum Gasteiger partial charge on any atom is -0.306 e. The summed E-state index contributed by atoms with van der Waals surface area (Å²) in [6.45, 7) is 6.39. The van der Waals surface area contributed by atoms with Crippen molar-refractivity contribution in [1.82, 2.24) is 24.3 Å². The van der Waals surface area contributed by atoms with Gasteiger partial charge in [-0.05, 0) is 29.8 Å². The summed E-state index contributed by atoms with van der Waals surface area (Å²) in [5, 5.41) is 1.23. The summed E-state index contributed by atoms with van der Waals surface area (Å²) in [6, 6.07) is 17.2. The Labute approximate surface area is 168 Å². The molecule has 0 spiro atoms. The molecule has 0 radical (unpaired) electrons. The first-order valence-corrected chi connectivity index (χ1v) is 10.5. The second-order valence-corrected chi connectivity index (χ2v) is 8.38. The second kappa shape index (κ2) is 7.83. The van der Waals surface area contributed by atoms with E-state index in [2.05, 4.69) is 63.3 Å². The Morgan fingerprint density at radius 1 is 0.857 bits per heavy atom. The van der Waals surface area contributed by atoms with Gasteiger partial charge in [0.05, 0.1) is 23.1 Å². The molecule has 0 aliphatic carbocycles. The summed E-state index contributed by atoms with van der Waals surface area (Å²) in [7, 11) is 0. The van der Waals surface area contributed by atoms with Gasteiger partial charge in [0.25, 0.3) is 0 Å². The number of hydrogen-bond donors (Lipinski definition) is 0. The Morgan fingerprint density at radius 2 is 1.61 bits per heavy atom. The van der Waals surface area contributed by atoms with Gasteiger partial charge in [-0.25, -0.2) is 9.97 Å². The molecule has 28 heavy (non-hydrogen) atoms. The van der Waals surface area contributed by atoms with Crippen molar-refractivity contribution in [3.8, 4) is 5.69 Å². The standard InChI is InChI=1S/C22H23N5S/c1-2-4-21-20(3-1)24-22(28-21)16-26-13-11-25(12-14-26)15-18-5-7-19(8-6-18)27-10-9-23-17-27/h1-10,17H,11-16H2. The maximum Gasteiger partial charge on any atom is 0.108 e. The van der Waals surface area contributed by atoms with Crippen molar-refractivity contribution in [2.75, 3.05) is 26.2 Å². The zero-order valence-electron chi connectivity index (χ0n) is 15.7. The van der Waals surface area contributed by atoms with Gasteiger partial charge < -0.3 is 4.57 Å². The van der Waals surface area contributed by atoms with Crippen LogP contribution >= 0.6 is 11.3 Å². The molecule has 5 rings (SSSR count). The van der Waals surface area contributed by atoms with Crippen LogP contribution in [0.5, 0.6) is 0 Å². The zero-order chi connectivity index (χ0) is 18.8. The average Bonchev–Trinajstić information content (AvgIpc) is 3.39. The summed E-state index contributed by atoms with van der Waals surface area (Å²) in [4.78, 5) is 14.0. The molecule has 3 heterocycles. The van der Waals surface area contributed by atoms with Crippen molar-refractivity contribution in [3.05, 3.63) is 77.8 Å². The molecule has 1 saturated heterocycles. The third-order valence-electron chi connectivity index (χ3n) is 5.31. The minimum absolute atomic E-state index is 0.965. The molecule has 0 bridgehead atoms. The Kier molecular flexibility index (Phi) is 4.91. The van der Waals surface area contributed by atoms with E-state index in [9.17, 15) is 0 Å². The Bertz CT molecular complexity index is 997. The van der Waals surface area contributed by atoms with Crippen LogP contribution in [0.25, 0.3) is 15.9 Å². The largest absolute Gasteiger partial charge is 0.306 e. The van der Waals surface area contributed by atoms with Crippen LogP contribution in [0.15, 0.2) is 67.3 Å². The van der Waals surface area contributed by atoms with E-state index < -0.39 is 0 Å². The summed E-state index contributed by atoms with van der Waals surface area (Å²) in [5.74, 6) is 0. The molecule has 6 heteroatoms. The van der Waals surface area contributed by atoms with Gasteiger partial charge in [-0.3, -0.25) is 9.80 Å². The van der Waals surface area contributed by atoms with Gasteiger partial charge in [0.2, 0.25) is 0 Å². The first-order chi connectivity index (χ1) is 13.8. The lowest BCUT2D eigenvalue weighted by Gasteiger charge is -2.34. The molecule has 0 saturated carbocycles. The summed E-state index contributed by atoms with van der Waals surface area (Å²) >= 11 is 1.82. The highest BCUT2D eigenvalue weighted by Gasteiger charge is 2.18. The third kappa shape index (κ3) is 3.85. The molecule has 0 N–H and O–H groups in total. The fourth-order valence-electron chi connectivity index (χ4n) is 3.73. The molecule has 142 valence electrons. The lowest BCUT2D eigenvalue weighted by Crippen LogP contribution is -2.45. The predicted octanol–water partition coefficient (Wildman–Crippen LogP) is 3.80. The Morgan fingerprint density at radius 3 is 2.32 bits per heavy atom. The number of fused-ring (bicyclic) bond motifs is 1. The topological polar surface area (TPSA) is 37.2 Å². The fraction of sp³-hybridized carbons (Fsp3) is 0.273. The van der Waals surface area contributed by atoms with Gasteiger partial charge in [0, 0.05) is 50.8 Å². The van der Waals surface area contributed by atoms with Gasteiger partial charge in [0.15, 0.2) is 0 Å². The van der Waals surface area contributed by atoms with E-state index in [0.717, 1.165) is 50.5 Å². The molecule has 1 aliphatic heterocycles. The Hall–Kier alpha value is -2.54. The monoisotopic (exact) mass is 389 g/mol. The van der Waals surface area contributed by atoms with Crippen molar-refractivity contribution in [1.29, 1.82) is 0 Å². The molecular weight excluding hydrogens is 366 g/mol. The van der Waals surface area contributed by atoms with Crippen molar-refractivity contribution in [3.63, 3.8) is 0 Å². The summed E-state index contributed by atoms with van der Waals surface area (Å²) < 4.78 is 3.32. The van der Waals surface area contributed by atoms with Crippen LogP contribution in [0.4, 0.5) is 0 Å². The Balaban J connectivity index is 1.15. The van der Waals surface area contributed by atoms with Crippen LogP contribution in [-0.4, -0.2) is 50.5 Å². The molecule has 0 unspecified atom stereocenters. The van der Waals surface area contributed by atoms with Gasteiger partial charge in [0.1, 0.15) is 5.01 Å². The van der Waals surface area contributed by atoms with Gasteiger partial charge >= 0.3 is 0 Å². The summed E-state index contributed by atoms with van der Waals surface area (Å²) in [6.07, 6.45) is 5.61. The number of aromatic nitrogens is 3. The number of hydrogen-bond acceptors (Lipinski definition) is 5. The SMILES string of the molecule is c1ccc2sc(CN3CCN(Cc4ccc(-n5ccnc5)cc4)CC3)nc2c1. The highest BCUT2D eigenvalue weighted by atomic mass is 32.1. The maximum absolute atomic E-state index is 4.78. The van der Waals surface area contributed by atoms with E-state index in [0.29, 0.717) is 0 Å². The number of nitrogens with zero attached hydrogens (tertiary/aromatic N) is 5. The van der Waals surface area contributed by atoms with Crippen molar-refractivity contribution >= 4 is 21.6 Å².